The van der Waals surface area contributed by atoms with E-state index in [-0.39, 0.29) is 105 Å². The highest BCUT2D eigenvalue weighted by atomic mass is 16.3. The Morgan fingerprint density at radius 2 is 0.857 bits per heavy atom. The van der Waals surface area contributed by atoms with E-state index in [0.29, 0.717) is 19.5 Å². The van der Waals surface area contributed by atoms with Crippen molar-refractivity contribution in [3.8, 4) is 0 Å². The first-order valence-electron chi connectivity index (χ1n) is 45.8. The molecule has 2 heterocycles. The molecule has 0 spiro atoms. The zero-order chi connectivity index (χ0) is 88.4. The molecule has 0 radical (unpaired) electrons. The van der Waals surface area contributed by atoms with Crippen LogP contribution in [0.3, 0.4) is 0 Å². The summed E-state index contributed by atoms with van der Waals surface area (Å²) in [5.74, 6) is -10.2. The molecule has 6 fully saturated rings. The summed E-state index contributed by atoms with van der Waals surface area (Å²) < 4.78 is 0. The van der Waals surface area contributed by atoms with Crippen LogP contribution in [-0.4, -0.2) is 287 Å². The largest absolute Gasteiger partial charge is 0.391 e. The molecule has 0 aromatic rings. The number of carbonyl (C=O) groups excluding carboxylic acids is 14. The van der Waals surface area contributed by atoms with Crippen LogP contribution in [0, 0.1) is 47.3 Å². The number of amides is 14. The monoisotopic (exact) mass is 1670 g/mol. The number of likely N-dealkylation sites (tertiary alicyclic amines) is 1. The molecule has 14 amide bonds. The van der Waals surface area contributed by atoms with E-state index in [0.717, 1.165) is 148 Å². The molecular weight excluding hydrogens is 1520 g/mol. The SMILES string of the molecule is CC[C@H](C)[C@@H]1NC(=O)[C@H](CC2CCCCC2)N(C)C(=O)[C@H](C)N(C)C(=O)[C@H](CC(C)C)N(C)C(=O)[C@H](CC2CCCCC2)N(C)C(=O)CCN(C)C(=O)C[C@@H](C(=O)N(C)[C@@H](CC2CCCCC2)C(=O)N[C@@H](CC2CCCCC2)C(=O)N[C@@H](C)C(=O)N2CCCCC2)NC(=O)[C@H]([C@@H](C)O)NC(=O)[C@H](CC(C)C)N(C)C(=O)[C@H](CC(C)C)N(C)C1=O. The molecule has 4 aliphatic carbocycles. The van der Waals surface area contributed by atoms with Crippen molar-refractivity contribution in [1.82, 2.24) is 70.7 Å². The third-order valence-corrected chi connectivity index (χ3v) is 27.2. The lowest BCUT2D eigenvalue weighted by atomic mass is 9.83. The number of likely N-dealkylation sites (N-methyl/N-ethyl adjacent to an activating group) is 7. The number of piperidine rings is 1. The summed E-state index contributed by atoms with van der Waals surface area (Å²) >= 11 is 0. The molecule has 6 N–H and O–H groups in total. The minimum absolute atomic E-state index is 0.0124. The summed E-state index contributed by atoms with van der Waals surface area (Å²) in [7, 11) is 11.8. The maximum Gasteiger partial charge on any atom is 0.246 e. The number of hydrogen-bond donors (Lipinski definition) is 6. The minimum atomic E-state index is -1.86. The fourth-order valence-corrected chi connectivity index (χ4v) is 18.9. The second-order valence-electron chi connectivity index (χ2n) is 37.9. The molecule has 0 bridgehead atoms. The lowest BCUT2D eigenvalue weighted by Crippen LogP contribution is -2.63. The zero-order valence-corrected chi connectivity index (χ0v) is 76.3. The Morgan fingerprint density at radius 1 is 0.437 bits per heavy atom. The van der Waals surface area contributed by atoms with Crippen LogP contribution in [0.15, 0.2) is 0 Å². The number of nitrogens with one attached hydrogen (secondary N) is 5. The van der Waals surface area contributed by atoms with Crippen LogP contribution >= 0.6 is 0 Å². The third kappa shape index (κ3) is 29.1. The molecule has 676 valence electrons. The Labute approximate surface area is 712 Å². The Morgan fingerprint density at radius 3 is 1.35 bits per heavy atom. The van der Waals surface area contributed by atoms with Gasteiger partial charge in [-0.1, -0.05) is 190 Å². The first kappa shape index (κ1) is 100. The van der Waals surface area contributed by atoms with Gasteiger partial charge in [-0.3, -0.25) is 67.1 Å². The molecule has 29 nitrogen and oxygen atoms in total. The Kier molecular flexibility index (Phi) is 40.8. The summed E-state index contributed by atoms with van der Waals surface area (Å²) in [6.45, 7) is 20.3. The van der Waals surface area contributed by atoms with E-state index in [1.807, 2.05) is 55.4 Å². The fraction of sp³-hybridized carbons (Fsp3) is 0.844. The van der Waals surface area contributed by atoms with Gasteiger partial charge in [0.05, 0.1) is 12.5 Å². The second-order valence-corrected chi connectivity index (χ2v) is 37.9. The molecule has 2 saturated heterocycles. The van der Waals surface area contributed by atoms with Crippen molar-refractivity contribution in [2.24, 2.45) is 47.3 Å². The van der Waals surface area contributed by atoms with E-state index in [2.05, 4.69) is 26.6 Å². The van der Waals surface area contributed by atoms with Crippen molar-refractivity contribution in [3.05, 3.63) is 0 Å². The third-order valence-electron chi connectivity index (χ3n) is 27.2. The van der Waals surface area contributed by atoms with Gasteiger partial charge in [0.2, 0.25) is 82.7 Å². The van der Waals surface area contributed by atoms with Crippen molar-refractivity contribution in [1.29, 1.82) is 0 Å². The number of carbonyl (C=O) groups is 14. The first-order chi connectivity index (χ1) is 56.2. The summed E-state index contributed by atoms with van der Waals surface area (Å²) in [4.78, 5) is 226. The quantitative estimate of drug-likeness (QED) is 0.0534. The van der Waals surface area contributed by atoms with Crippen molar-refractivity contribution in [2.45, 2.75) is 367 Å². The average Bonchev–Trinajstić information content (AvgIpc) is 0.821. The van der Waals surface area contributed by atoms with E-state index >= 15 is 52.7 Å². The van der Waals surface area contributed by atoms with Crippen LogP contribution in [0.4, 0.5) is 0 Å². The molecule has 0 unspecified atom stereocenters. The van der Waals surface area contributed by atoms with Gasteiger partial charge in [0, 0.05) is 82.4 Å². The van der Waals surface area contributed by atoms with E-state index in [9.17, 15) is 19.5 Å². The van der Waals surface area contributed by atoms with Crippen LogP contribution in [0.1, 0.15) is 288 Å². The molecule has 29 heteroatoms. The molecule has 0 aromatic heterocycles. The van der Waals surface area contributed by atoms with Gasteiger partial charge in [-0.15, -0.1) is 0 Å². The maximum absolute atomic E-state index is 16.0. The summed E-state index contributed by atoms with van der Waals surface area (Å²) in [6.07, 6.45) is 19.2. The number of aliphatic hydroxyl groups excluding tert-OH is 1. The lowest BCUT2D eigenvalue weighted by molar-refractivity contribution is -0.154. The van der Waals surface area contributed by atoms with Gasteiger partial charge in [0.15, 0.2) is 0 Å². The van der Waals surface area contributed by atoms with Crippen molar-refractivity contribution >= 4 is 82.7 Å². The van der Waals surface area contributed by atoms with E-state index in [1.165, 1.54) is 103 Å². The van der Waals surface area contributed by atoms with Gasteiger partial charge in [-0.25, -0.2) is 0 Å². The van der Waals surface area contributed by atoms with Gasteiger partial charge >= 0.3 is 0 Å². The number of aliphatic hydroxyl groups is 1. The van der Waals surface area contributed by atoms with Gasteiger partial charge in [-0.05, 0) is 132 Å². The molecule has 119 heavy (non-hydrogen) atoms. The molecular formula is C90H156N14O15. The summed E-state index contributed by atoms with van der Waals surface area (Å²) in [6, 6.07) is -15.3. The Hall–Kier alpha value is -7.46. The summed E-state index contributed by atoms with van der Waals surface area (Å²) in [5.41, 5.74) is 0. The Bertz CT molecular complexity index is 3360. The molecule has 6 aliphatic rings. The maximum atomic E-state index is 16.0. The average molecular weight is 1670 g/mol. The first-order valence-corrected chi connectivity index (χ1v) is 45.8. The van der Waals surface area contributed by atoms with Crippen LogP contribution < -0.4 is 26.6 Å². The lowest BCUT2D eigenvalue weighted by Gasteiger charge is -2.40. The molecule has 14 atom stereocenters. The second kappa shape index (κ2) is 48.4. The van der Waals surface area contributed by atoms with Crippen LogP contribution in [0.2, 0.25) is 0 Å². The highest BCUT2D eigenvalue weighted by Gasteiger charge is 2.46. The van der Waals surface area contributed by atoms with Crippen LogP contribution in [0.5, 0.6) is 0 Å². The number of hydrogen-bond acceptors (Lipinski definition) is 15. The van der Waals surface area contributed by atoms with E-state index < -0.39 is 168 Å². The van der Waals surface area contributed by atoms with E-state index in [4.69, 9.17) is 0 Å². The zero-order valence-electron chi connectivity index (χ0n) is 76.3. The van der Waals surface area contributed by atoms with Gasteiger partial charge in [0.25, 0.3) is 0 Å². The molecule has 4 saturated carbocycles. The van der Waals surface area contributed by atoms with Gasteiger partial charge in [0.1, 0.15) is 72.5 Å². The normalized spacial score (nSPS) is 26.9. The van der Waals surface area contributed by atoms with E-state index in [1.54, 1.807) is 18.7 Å². The molecule has 0 aromatic carbocycles. The fourth-order valence-electron chi connectivity index (χ4n) is 18.9. The molecule has 6 rings (SSSR count). The highest BCUT2D eigenvalue weighted by Crippen LogP contribution is 2.35. The number of rotatable bonds is 24. The van der Waals surface area contributed by atoms with Gasteiger partial charge < -0.3 is 75.8 Å². The van der Waals surface area contributed by atoms with Crippen molar-refractivity contribution in [2.75, 3.05) is 76.0 Å². The van der Waals surface area contributed by atoms with Crippen molar-refractivity contribution < 1.29 is 72.2 Å². The summed E-state index contributed by atoms with van der Waals surface area (Å²) in [5, 5.41) is 26.2. The van der Waals surface area contributed by atoms with Gasteiger partial charge in [-0.2, -0.15) is 0 Å². The highest BCUT2D eigenvalue weighted by molar-refractivity contribution is 6.01. The molecule has 2 aliphatic heterocycles. The minimum Gasteiger partial charge on any atom is -0.391 e. The smallest absolute Gasteiger partial charge is 0.246 e. The topological polar surface area (TPSA) is 349 Å². The Balaban J connectivity index is 1.48. The van der Waals surface area contributed by atoms with Crippen LogP contribution in [-0.2, 0) is 67.1 Å². The predicted octanol–water partition coefficient (Wildman–Crippen LogP) is 7.95. The predicted molar refractivity (Wildman–Crippen MR) is 458 cm³/mol. The van der Waals surface area contributed by atoms with Crippen LogP contribution in [0.25, 0.3) is 0 Å². The standard InChI is InChI=1S/C90H156N14O15/c1-20-59(8)77-90(119)103(19)73(50-58(6)7)88(117)101(17)69(48-56(2)3)81(110)95-78(62(11)105)83(112)93-68(86(115)100(16)70(52-64-38-28-22-29-39-64)80(109)92-67(51-63-36-26-21-27-37-63)79(108)91-60(9)84(113)104-45-34-25-35-46-104)55-76(107)96(12)47-44-75(106)98(14)74(54-66-42-32-24-33-43-66)89(118)102(18)72(49-57(4)5)87(116)97(13)61(10)85(114)99(15)71(82(111)94-77)53-65-40-30-23-31-41-65/h56-74,77-78,105H,20-55H2,1-19H3,(H,91,108)(H,92,109)(H,93,112)(H,94,111)(H,95,110)/t59-,60-,61-,62+,67-,68-,69-,70-,71-,72-,73-,74-,77-,78-/m0/s1. The number of nitrogens with zero attached hydrogens (tertiary/aromatic N) is 9. The van der Waals surface area contributed by atoms with Crippen molar-refractivity contribution in [3.63, 3.8) is 0 Å².